The van der Waals surface area contributed by atoms with E-state index in [4.69, 9.17) is 0 Å². The van der Waals surface area contributed by atoms with Gasteiger partial charge in [-0.2, -0.15) is 0 Å². The van der Waals surface area contributed by atoms with Crippen LogP contribution in [0, 0.1) is 0 Å². The standard InChI is InChI=1S/C55H36N2/c1-55(2)48-22-8-5-17-39(48)45-31-47-46-30-35(56-50-23-9-6-18-40(50)41-19-7-10-24-51(41)56)25-28-52(46)57(53(47)32-49(45)55)34-14-11-13-33(29-34)36-26-27-44-38-16-4-3-15-37(38)43-21-12-20-42(36)54(43)44/h3-32H,1-2H3. The second kappa shape index (κ2) is 11.0. The summed E-state index contributed by atoms with van der Waals surface area (Å²) in [6.45, 7) is 4.76. The zero-order valence-electron chi connectivity index (χ0n) is 31.7. The molecule has 2 aliphatic carbocycles. The smallest absolute Gasteiger partial charge is 0.0544 e. The molecule has 2 aliphatic rings. The third-order valence-electron chi connectivity index (χ3n) is 13.3. The Morgan fingerprint density at radius 2 is 0.877 bits per heavy atom. The van der Waals surface area contributed by atoms with Crippen molar-refractivity contribution >= 4 is 54.4 Å². The average Bonchev–Trinajstić information content (AvgIpc) is 3.95. The van der Waals surface area contributed by atoms with Gasteiger partial charge in [-0.05, 0) is 121 Å². The van der Waals surface area contributed by atoms with Crippen LogP contribution in [-0.2, 0) is 5.41 Å². The van der Waals surface area contributed by atoms with E-state index in [0.29, 0.717) is 0 Å². The predicted molar refractivity (Wildman–Crippen MR) is 240 cm³/mol. The molecule has 9 aromatic carbocycles. The lowest BCUT2D eigenvalue weighted by Crippen LogP contribution is -2.14. The van der Waals surface area contributed by atoms with Gasteiger partial charge < -0.3 is 9.13 Å². The molecule has 2 heteroatoms. The topological polar surface area (TPSA) is 9.86 Å². The normalized spacial score (nSPS) is 13.6. The third-order valence-corrected chi connectivity index (χ3v) is 13.3. The van der Waals surface area contributed by atoms with Crippen molar-refractivity contribution in [2.24, 2.45) is 0 Å². The summed E-state index contributed by atoms with van der Waals surface area (Å²) in [6.07, 6.45) is 0. The number of hydrogen-bond acceptors (Lipinski definition) is 0. The number of hydrogen-bond donors (Lipinski definition) is 0. The summed E-state index contributed by atoms with van der Waals surface area (Å²) in [5, 5.41) is 7.73. The molecule has 0 aliphatic heterocycles. The van der Waals surface area contributed by atoms with Crippen LogP contribution >= 0.6 is 0 Å². The highest BCUT2D eigenvalue weighted by atomic mass is 15.0. The fourth-order valence-electron chi connectivity index (χ4n) is 10.7. The molecule has 0 unspecified atom stereocenters. The van der Waals surface area contributed by atoms with E-state index in [1.54, 1.807) is 0 Å². The number of para-hydroxylation sites is 2. The van der Waals surface area contributed by atoms with Gasteiger partial charge in [0.1, 0.15) is 0 Å². The van der Waals surface area contributed by atoms with Crippen molar-refractivity contribution in [1.29, 1.82) is 0 Å². The van der Waals surface area contributed by atoms with Crippen LogP contribution < -0.4 is 0 Å². The summed E-state index contributed by atoms with van der Waals surface area (Å²) in [5.41, 5.74) is 20.4. The largest absolute Gasteiger partial charge is 0.309 e. The van der Waals surface area contributed by atoms with Crippen LogP contribution in [0.25, 0.3) is 110 Å². The molecule has 2 aromatic heterocycles. The molecule has 0 bridgehead atoms. The Hall–Kier alpha value is -7.16. The van der Waals surface area contributed by atoms with E-state index in [2.05, 4.69) is 205 Å². The molecular formula is C55H36N2. The fraction of sp³-hybridized carbons (Fsp3) is 0.0545. The molecule has 13 rings (SSSR count). The molecular weight excluding hydrogens is 689 g/mol. The second-order valence-electron chi connectivity index (χ2n) is 16.5. The Morgan fingerprint density at radius 1 is 0.316 bits per heavy atom. The van der Waals surface area contributed by atoms with Crippen LogP contribution in [0.4, 0.5) is 0 Å². The van der Waals surface area contributed by atoms with Gasteiger partial charge in [0.25, 0.3) is 0 Å². The van der Waals surface area contributed by atoms with Crippen LogP contribution in [-0.4, -0.2) is 9.13 Å². The van der Waals surface area contributed by atoms with Crippen LogP contribution in [0.2, 0.25) is 0 Å². The van der Waals surface area contributed by atoms with Gasteiger partial charge in [-0.25, -0.2) is 0 Å². The first-order valence-electron chi connectivity index (χ1n) is 20.0. The van der Waals surface area contributed by atoms with Crippen molar-refractivity contribution in [3.63, 3.8) is 0 Å². The monoisotopic (exact) mass is 724 g/mol. The minimum Gasteiger partial charge on any atom is -0.309 e. The van der Waals surface area contributed by atoms with Crippen LogP contribution in [0.1, 0.15) is 25.0 Å². The van der Waals surface area contributed by atoms with E-state index in [0.717, 1.165) is 5.69 Å². The maximum absolute atomic E-state index is 2.51. The van der Waals surface area contributed by atoms with Crippen molar-refractivity contribution in [2.45, 2.75) is 19.3 Å². The minimum atomic E-state index is -0.112. The van der Waals surface area contributed by atoms with Crippen LogP contribution in [0.3, 0.4) is 0 Å². The molecule has 11 aromatic rings. The third kappa shape index (κ3) is 4.04. The number of nitrogens with zero attached hydrogens (tertiary/aromatic N) is 2. The minimum absolute atomic E-state index is 0.112. The molecule has 0 amide bonds. The summed E-state index contributed by atoms with van der Waals surface area (Å²) in [5.74, 6) is 0. The predicted octanol–water partition coefficient (Wildman–Crippen LogP) is 14.7. The molecule has 0 spiro atoms. The zero-order valence-corrected chi connectivity index (χ0v) is 31.7. The van der Waals surface area contributed by atoms with E-state index < -0.39 is 0 Å². The van der Waals surface area contributed by atoms with E-state index in [1.165, 1.54) is 116 Å². The molecule has 0 radical (unpaired) electrons. The summed E-state index contributed by atoms with van der Waals surface area (Å²) >= 11 is 0. The van der Waals surface area contributed by atoms with Crippen LogP contribution in [0.5, 0.6) is 0 Å². The van der Waals surface area contributed by atoms with Crippen molar-refractivity contribution in [3.05, 3.63) is 193 Å². The SMILES string of the molecule is CC1(C)c2ccccc2-c2cc3c4cc(-n5c6ccccc6c6ccccc65)ccc4n(-c4cccc(-c5ccc6c7c(cccc57)-c5ccccc5-6)c4)c3cc21. The van der Waals surface area contributed by atoms with Gasteiger partial charge in [0.05, 0.1) is 22.1 Å². The molecule has 2 heterocycles. The first-order valence-corrected chi connectivity index (χ1v) is 20.0. The van der Waals surface area contributed by atoms with Gasteiger partial charge in [-0.1, -0.05) is 141 Å². The van der Waals surface area contributed by atoms with E-state index in [-0.39, 0.29) is 5.41 Å². The second-order valence-corrected chi connectivity index (χ2v) is 16.5. The van der Waals surface area contributed by atoms with Gasteiger partial charge in [-0.15, -0.1) is 0 Å². The van der Waals surface area contributed by atoms with Gasteiger partial charge >= 0.3 is 0 Å². The number of benzene rings is 9. The Balaban J connectivity index is 1.08. The molecule has 0 saturated carbocycles. The van der Waals surface area contributed by atoms with Crippen molar-refractivity contribution in [1.82, 2.24) is 9.13 Å². The Kier molecular flexibility index (Phi) is 6.00. The molecule has 0 saturated heterocycles. The number of rotatable bonds is 3. The first kappa shape index (κ1) is 31.1. The summed E-state index contributed by atoms with van der Waals surface area (Å²) in [6, 6.07) is 68.1. The van der Waals surface area contributed by atoms with Gasteiger partial charge in [0.15, 0.2) is 0 Å². The summed E-state index contributed by atoms with van der Waals surface area (Å²) in [7, 11) is 0. The average molecular weight is 725 g/mol. The zero-order chi connectivity index (χ0) is 37.6. The van der Waals surface area contributed by atoms with Crippen molar-refractivity contribution in [3.8, 4) is 55.9 Å². The van der Waals surface area contributed by atoms with Gasteiger partial charge in [-0.3, -0.25) is 0 Å². The lowest BCUT2D eigenvalue weighted by Gasteiger charge is -2.21. The highest BCUT2D eigenvalue weighted by molar-refractivity contribution is 6.19. The molecule has 0 N–H and O–H groups in total. The van der Waals surface area contributed by atoms with Crippen molar-refractivity contribution in [2.75, 3.05) is 0 Å². The number of aromatic nitrogens is 2. The van der Waals surface area contributed by atoms with Gasteiger partial charge in [0.2, 0.25) is 0 Å². The van der Waals surface area contributed by atoms with E-state index >= 15 is 0 Å². The number of fused-ring (bicyclic) bond motifs is 12. The molecule has 0 atom stereocenters. The lowest BCUT2D eigenvalue weighted by atomic mass is 9.82. The maximum atomic E-state index is 2.51. The van der Waals surface area contributed by atoms with Gasteiger partial charge in [0, 0.05) is 38.3 Å². The van der Waals surface area contributed by atoms with Crippen molar-refractivity contribution < 1.29 is 0 Å². The molecule has 2 nitrogen and oxygen atoms in total. The summed E-state index contributed by atoms with van der Waals surface area (Å²) < 4.78 is 4.95. The fourth-order valence-corrected chi connectivity index (χ4v) is 10.7. The molecule has 0 fully saturated rings. The Bertz CT molecular complexity index is 3470. The Morgan fingerprint density at radius 3 is 1.67 bits per heavy atom. The first-order chi connectivity index (χ1) is 28.0. The maximum Gasteiger partial charge on any atom is 0.0544 e. The lowest BCUT2D eigenvalue weighted by molar-refractivity contribution is 0.661. The molecule has 266 valence electrons. The Labute approximate surface area is 330 Å². The van der Waals surface area contributed by atoms with Crippen LogP contribution in [0.15, 0.2) is 182 Å². The van der Waals surface area contributed by atoms with E-state index in [9.17, 15) is 0 Å². The highest BCUT2D eigenvalue weighted by Gasteiger charge is 2.36. The van der Waals surface area contributed by atoms with E-state index in [1.807, 2.05) is 0 Å². The molecule has 57 heavy (non-hydrogen) atoms. The quantitative estimate of drug-likeness (QED) is 0.172. The highest BCUT2D eigenvalue weighted by Crippen LogP contribution is 2.52. The summed E-state index contributed by atoms with van der Waals surface area (Å²) in [4.78, 5) is 0.